The average molecular weight is 175 g/mol. The Morgan fingerprint density at radius 3 is 2.14 bits per heavy atom. The molecule has 0 aromatic heterocycles. The van der Waals surface area contributed by atoms with E-state index < -0.39 is 0 Å². The molecule has 0 aromatic rings. The van der Waals surface area contributed by atoms with Crippen LogP contribution in [0.3, 0.4) is 0 Å². The van der Waals surface area contributed by atoms with Crippen LogP contribution in [0.4, 0.5) is 0 Å². The van der Waals surface area contributed by atoms with E-state index in [0.29, 0.717) is 0 Å². The van der Waals surface area contributed by atoms with E-state index in [4.69, 9.17) is 0 Å². The molecule has 0 aliphatic heterocycles. The van der Waals surface area contributed by atoms with Gasteiger partial charge in [-0.1, -0.05) is 0 Å². The van der Waals surface area contributed by atoms with Gasteiger partial charge in [-0.15, -0.1) is 0 Å². The first kappa shape index (κ1) is 10.8. The fourth-order valence-corrected chi connectivity index (χ4v) is 0.118. The molecule has 0 unspecified atom stereocenters. The van der Waals surface area contributed by atoms with Crippen molar-refractivity contribution >= 4 is 51.9 Å². The van der Waals surface area contributed by atoms with Gasteiger partial charge in [-0.25, -0.2) is 0 Å². The maximum Gasteiger partial charge on any atom is 2.00 e. The van der Waals surface area contributed by atoms with Gasteiger partial charge < -0.3 is 11.5 Å². The van der Waals surface area contributed by atoms with Crippen molar-refractivity contribution < 1.29 is 6.22 Å². The standard InChI is InChI=1S/C4H8NO.Sr.H/c1-4(2)5-3-6;;/h4H,1-2H3,(H,5,6);;/q-1;+2;-1. The average Bonchev–Trinajstić information content (AvgIpc) is 1.35. The molecule has 2 nitrogen and oxygen atoms in total. The summed E-state index contributed by atoms with van der Waals surface area (Å²) in [7, 11) is 0. The number of amides is 1. The zero-order valence-electron chi connectivity index (χ0n) is 5.69. The molecule has 0 atom stereocenters. The van der Waals surface area contributed by atoms with Crippen LogP contribution in [0.2, 0.25) is 0 Å². The molecule has 0 aliphatic carbocycles. The van der Waals surface area contributed by atoms with Crippen LogP contribution in [-0.2, 0) is 4.79 Å². The van der Waals surface area contributed by atoms with Gasteiger partial charge in [0.05, 0.1) is 0 Å². The number of rotatable bonds is 2. The van der Waals surface area contributed by atoms with Crippen molar-refractivity contribution in [2.45, 2.75) is 19.9 Å². The van der Waals surface area contributed by atoms with E-state index in [9.17, 15) is 4.79 Å². The maximum absolute atomic E-state index is 9.38. The van der Waals surface area contributed by atoms with Gasteiger partial charge in [0.2, 0.25) is 0 Å². The van der Waals surface area contributed by atoms with Gasteiger partial charge in [-0.3, -0.25) is 0 Å². The second-order valence-electron chi connectivity index (χ2n) is 1.40. The van der Waals surface area contributed by atoms with Gasteiger partial charge in [-0.05, 0) is 19.9 Å². The van der Waals surface area contributed by atoms with E-state index in [1.165, 1.54) is 0 Å². The van der Waals surface area contributed by atoms with Gasteiger partial charge in [0.15, 0.2) is 0 Å². The van der Waals surface area contributed by atoms with Crippen LogP contribution < -0.4 is 5.32 Å². The first-order valence-corrected chi connectivity index (χ1v) is 1.90. The summed E-state index contributed by atoms with van der Waals surface area (Å²) < 4.78 is 0. The molecule has 0 spiro atoms. The summed E-state index contributed by atoms with van der Waals surface area (Å²) in [6.45, 7) is 3.76. The van der Waals surface area contributed by atoms with Crippen LogP contribution in [-0.4, -0.2) is 57.9 Å². The van der Waals surface area contributed by atoms with E-state index in [1.807, 2.05) is 13.8 Å². The second kappa shape index (κ2) is 6.95. The van der Waals surface area contributed by atoms with Crippen molar-refractivity contribution in [1.82, 2.24) is 5.32 Å². The minimum atomic E-state index is 0. The van der Waals surface area contributed by atoms with Crippen LogP contribution in [0.1, 0.15) is 15.3 Å². The minimum Gasteiger partial charge on any atom is -1.00 e. The number of hydrogen-bond donors (Lipinski definition) is 1. The smallest absolute Gasteiger partial charge is 1.00 e. The molecule has 7 heavy (non-hydrogen) atoms. The van der Waals surface area contributed by atoms with Crippen LogP contribution in [0, 0.1) is 0 Å². The molecular formula is C4H9NOSr. The first-order chi connectivity index (χ1) is 2.77. The molecule has 0 saturated carbocycles. The molecule has 0 radical (unpaired) electrons. The maximum atomic E-state index is 9.38. The summed E-state index contributed by atoms with van der Waals surface area (Å²) in [6, 6.07) is 0.225. The van der Waals surface area contributed by atoms with Crippen molar-refractivity contribution in [3.8, 4) is 0 Å². The molecule has 1 amide bonds. The Kier molecular flexibility index (Phi) is 10.8. The predicted octanol–water partition coefficient (Wildman–Crippen LogP) is -0.217. The van der Waals surface area contributed by atoms with Crippen LogP contribution in [0.5, 0.6) is 0 Å². The first-order valence-electron chi connectivity index (χ1n) is 1.90. The van der Waals surface area contributed by atoms with Crippen molar-refractivity contribution in [3.63, 3.8) is 0 Å². The number of carbonyl (C=O) groups excluding carboxylic acids is 1. The number of nitrogens with one attached hydrogen (secondary N) is 1. The van der Waals surface area contributed by atoms with Crippen molar-refractivity contribution in [3.05, 3.63) is 0 Å². The van der Waals surface area contributed by atoms with Crippen LogP contribution in [0.25, 0.3) is 0 Å². The Balaban J connectivity index is -0.000000125. The molecule has 3 heteroatoms. The monoisotopic (exact) mass is 175 g/mol. The number of hydrogen-bond acceptors (Lipinski definition) is 1. The minimum absolute atomic E-state index is 0. The molecule has 1 N–H and O–H groups in total. The third-order valence-electron chi connectivity index (χ3n) is 0.348. The fourth-order valence-electron chi connectivity index (χ4n) is 0.118. The summed E-state index contributed by atoms with van der Waals surface area (Å²) in [5.74, 6) is 0. The third kappa shape index (κ3) is 10.9. The predicted molar refractivity (Wildman–Crippen MR) is 30.8 cm³/mol. The van der Waals surface area contributed by atoms with E-state index in [2.05, 4.69) is 5.32 Å². The summed E-state index contributed by atoms with van der Waals surface area (Å²) in [6.07, 6.45) is 1.57. The normalized spacial score (nSPS) is 7.29. The molecule has 0 heterocycles. The largest absolute Gasteiger partial charge is 2.00 e. The van der Waals surface area contributed by atoms with Crippen LogP contribution in [0.15, 0.2) is 0 Å². The van der Waals surface area contributed by atoms with Crippen LogP contribution >= 0.6 is 0 Å². The molecular weight excluding hydrogens is 166 g/mol. The van der Waals surface area contributed by atoms with Crippen molar-refractivity contribution in [1.29, 1.82) is 0 Å². The molecule has 0 bridgehead atoms. The van der Waals surface area contributed by atoms with Gasteiger partial charge in [0, 0.05) is 0 Å². The zero-order chi connectivity index (χ0) is 4.99. The molecule has 0 saturated heterocycles. The summed E-state index contributed by atoms with van der Waals surface area (Å²) in [5.41, 5.74) is 0. The van der Waals surface area contributed by atoms with E-state index >= 15 is 0 Å². The molecule has 0 rings (SSSR count). The topological polar surface area (TPSA) is 29.1 Å². The van der Waals surface area contributed by atoms with Gasteiger partial charge in [0.25, 0.3) is 0 Å². The Morgan fingerprint density at radius 1 is 1.71 bits per heavy atom. The molecule has 0 aliphatic rings. The SMILES string of the molecule is CC(C)N[C-]=O.[H-].[Sr+2]. The van der Waals surface area contributed by atoms with E-state index in [1.54, 1.807) is 6.41 Å². The molecule has 0 fully saturated rings. The third-order valence-corrected chi connectivity index (χ3v) is 0.348. The fraction of sp³-hybridized carbons (Fsp3) is 0.750. The molecule has 38 valence electrons. The van der Waals surface area contributed by atoms with E-state index in [-0.39, 0.29) is 53.0 Å². The Hall–Kier alpha value is 0.951. The van der Waals surface area contributed by atoms with E-state index in [0.717, 1.165) is 0 Å². The zero-order valence-corrected chi connectivity index (χ0v) is 8.17. The van der Waals surface area contributed by atoms with Gasteiger partial charge in [-0.2, -0.15) is 6.41 Å². The summed E-state index contributed by atoms with van der Waals surface area (Å²) >= 11 is 0. The quantitative estimate of drug-likeness (QED) is 0.350. The summed E-state index contributed by atoms with van der Waals surface area (Å²) in [5, 5.41) is 2.40. The Bertz CT molecular complexity index is 51.3. The molecule has 0 aromatic carbocycles. The summed E-state index contributed by atoms with van der Waals surface area (Å²) in [4.78, 5) is 9.38. The van der Waals surface area contributed by atoms with Gasteiger partial charge in [0.1, 0.15) is 0 Å². The van der Waals surface area contributed by atoms with Gasteiger partial charge >= 0.3 is 45.5 Å². The van der Waals surface area contributed by atoms with Crippen molar-refractivity contribution in [2.75, 3.05) is 0 Å². The Labute approximate surface area is 82.4 Å². The second-order valence-corrected chi connectivity index (χ2v) is 1.40. The van der Waals surface area contributed by atoms with Crippen molar-refractivity contribution in [2.24, 2.45) is 0 Å². The Morgan fingerprint density at radius 2 is 2.14 bits per heavy atom.